The van der Waals surface area contributed by atoms with Crippen molar-refractivity contribution in [2.45, 2.75) is 327 Å². The van der Waals surface area contributed by atoms with Crippen LogP contribution in [0.15, 0.2) is 36.5 Å². The lowest BCUT2D eigenvalue weighted by molar-refractivity contribution is -0.132. The van der Waals surface area contributed by atoms with Gasteiger partial charge in [0.15, 0.2) is 0 Å². The second-order valence-corrected chi connectivity index (χ2v) is 20.0. The SMILES string of the molecule is CCCC/C=C/CC/C=C/CC/C=C/CCCC(O)C(O)C(CO)NC(=O)C(O)CCCCCCCCCCCCCCCCCCCCCCCCCCCCCCCCCCCC. The van der Waals surface area contributed by atoms with Crippen LogP contribution >= 0.6 is 0 Å². The molecule has 0 heterocycles. The van der Waals surface area contributed by atoms with Gasteiger partial charge < -0.3 is 25.7 Å². The molecule has 65 heavy (non-hydrogen) atoms. The first-order chi connectivity index (χ1) is 32.0. The number of carbonyl (C=O) groups excluding carboxylic acids is 1. The van der Waals surface area contributed by atoms with Crippen LogP contribution in [-0.4, -0.2) is 57.3 Å². The molecule has 0 aliphatic carbocycles. The predicted molar refractivity (Wildman–Crippen MR) is 284 cm³/mol. The molecule has 0 aromatic carbocycles. The van der Waals surface area contributed by atoms with Crippen LogP contribution in [-0.2, 0) is 4.79 Å². The van der Waals surface area contributed by atoms with E-state index in [1.807, 2.05) is 0 Å². The number of hydrogen-bond acceptors (Lipinski definition) is 5. The van der Waals surface area contributed by atoms with Crippen LogP contribution in [0, 0.1) is 0 Å². The molecule has 0 saturated carbocycles. The van der Waals surface area contributed by atoms with Gasteiger partial charge in [-0.3, -0.25) is 4.79 Å². The molecule has 0 bridgehead atoms. The Labute approximate surface area is 405 Å². The summed E-state index contributed by atoms with van der Waals surface area (Å²) in [5.74, 6) is -0.596. The second-order valence-electron chi connectivity index (χ2n) is 20.0. The van der Waals surface area contributed by atoms with Crippen LogP contribution in [0.5, 0.6) is 0 Å². The number of nitrogens with one attached hydrogen (secondary N) is 1. The topological polar surface area (TPSA) is 110 Å². The Kier molecular flexibility index (Phi) is 52.3. The van der Waals surface area contributed by atoms with Gasteiger partial charge in [0.1, 0.15) is 12.2 Å². The summed E-state index contributed by atoms with van der Waals surface area (Å²) in [4.78, 5) is 12.6. The molecule has 1 amide bonds. The third kappa shape index (κ3) is 47.4. The van der Waals surface area contributed by atoms with E-state index in [9.17, 15) is 25.2 Å². The van der Waals surface area contributed by atoms with E-state index in [2.05, 4.69) is 55.6 Å². The molecule has 6 heteroatoms. The summed E-state index contributed by atoms with van der Waals surface area (Å²) in [6.07, 6.45) is 66.7. The van der Waals surface area contributed by atoms with E-state index >= 15 is 0 Å². The van der Waals surface area contributed by atoms with E-state index in [0.29, 0.717) is 19.3 Å². The molecule has 0 saturated heterocycles. The van der Waals surface area contributed by atoms with Crippen molar-refractivity contribution in [2.75, 3.05) is 6.61 Å². The Hall–Kier alpha value is -1.47. The van der Waals surface area contributed by atoms with E-state index in [-0.39, 0.29) is 0 Å². The summed E-state index contributed by atoms with van der Waals surface area (Å²) < 4.78 is 0. The average molecular weight is 917 g/mol. The smallest absolute Gasteiger partial charge is 0.249 e. The predicted octanol–water partition coefficient (Wildman–Crippen LogP) is 16.8. The summed E-state index contributed by atoms with van der Waals surface area (Å²) in [5.41, 5.74) is 0. The number of unbranched alkanes of at least 4 members (excludes halogenated alkanes) is 38. The van der Waals surface area contributed by atoms with Gasteiger partial charge in [-0.25, -0.2) is 0 Å². The Morgan fingerprint density at radius 2 is 0.646 bits per heavy atom. The van der Waals surface area contributed by atoms with Gasteiger partial charge in [-0.2, -0.15) is 0 Å². The summed E-state index contributed by atoms with van der Waals surface area (Å²) in [6.45, 7) is 4.02. The lowest BCUT2D eigenvalue weighted by atomic mass is 10.00. The molecule has 4 unspecified atom stereocenters. The highest BCUT2D eigenvalue weighted by Crippen LogP contribution is 2.18. The summed E-state index contributed by atoms with van der Waals surface area (Å²) >= 11 is 0. The van der Waals surface area contributed by atoms with Crippen molar-refractivity contribution >= 4 is 5.91 Å². The van der Waals surface area contributed by atoms with Crippen LogP contribution in [0.25, 0.3) is 0 Å². The highest BCUT2D eigenvalue weighted by Gasteiger charge is 2.28. The number of carbonyl (C=O) groups is 1. The van der Waals surface area contributed by atoms with Gasteiger partial charge in [0, 0.05) is 0 Å². The van der Waals surface area contributed by atoms with E-state index < -0.39 is 36.9 Å². The van der Waals surface area contributed by atoms with E-state index in [0.717, 1.165) is 51.4 Å². The fourth-order valence-electron chi connectivity index (χ4n) is 9.01. The Morgan fingerprint density at radius 3 is 0.954 bits per heavy atom. The highest BCUT2D eigenvalue weighted by molar-refractivity contribution is 5.80. The largest absolute Gasteiger partial charge is 0.394 e. The quantitative estimate of drug-likeness (QED) is 0.0308. The van der Waals surface area contributed by atoms with Gasteiger partial charge in [-0.05, 0) is 57.8 Å². The molecule has 4 atom stereocenters. The molecule has 0 aliphatic heterocycles. The Bertz CT molecular complexity index is 1030. The standard InChI is InChI=1S/C59H113NO5/c1-3-5-7-9-11-13-15-17-19-20-21-22-23-24-25-26-27-28-29-30-31-32-33-34-35-36-37-39-41-43-45-47-49-51-53-57(63)59(65)60-55(54-61)58(64)56(62)52-50-48-46-44-42-40-38-18-16-14-12-10-8-6-4-2/h10,12,18,38,44,46,55-58,61-64H,3-9,11,13-17,19-37,39-43,45,47-54H2,1-2H3,(H,60,65)/b12-10+,38-18+,46-44+. The summed E-state index contributed by atoms with van der Waals surface area (Å²) in [6, 6.07) is -1.01. The maximum atomic E-state index is 12.6. The monoisotopic (exact) mass is 916 g/mol. The molecule has 0 spiro atoms. The fourth-order valence-corrected chi connectivity index (χ4v) is 9.01. The zero-order valence-corrected chi connectivity index (χ0v) is 43.5. The van der Waals surface area contributed by atoms with Crippen molar-refractivity contribution in [1.29, 1.82) is 0 Å². The molecule has 5 N–H and O–H groups in total. The first kappa shape index (κ1) is 63.5. The highest BCUT2D eigenvalue weighted by atomic mass is 16.3. The Balaban J connectivity index is 3.55. The number of allylic oxidation sites excluding steroid dienone is 6. The number of hydrogen-bond donors (Lipinski definition) is 5. The van der Waals surface area contributed by atoms with E-state index in [4.69, 9.17) is 0 Å². The molecule has 0 fully saturated rings. The lowest BCUT2D eigenvalue weighted by Gasteiger charge is -2.27. The normalized spacial score (nSPS) is 14.0. The molecule has 0 aromatic heterocycles. The minimum absolute atomic E-state index is 0.362. The zero-order chi connectivity index (χ0) is 47.4. The Morgan fingerprint density at radius 1 is 0.369 bits per heavy atom. The van der Waals surface area contributed by atoms with Crippen molar-refractivity contribution in [3.63, 3.8) is 0 Å². The molecular formula is C59H113NO5. The molecular weight excluding hydrogens is 803 g/mol. The zero-order valence-electron chi connectivity index (χ0n) is 43.5. The molecule has 384 valence electrons. The first-order valence-electron chi connectivity index (χ1n) is 28.9. The van der Waals surface area contributed by atoms with Gasteiger partial charge >= 0.3 is 0 Å². The summed E-state index contributed by atoms with van der Waals surface area (Å²) in [7, 11) is 0. The van der Waals surface area contributed by atoms with Crippen LogP contribution < -0.4 is 5.32 Å². The number of aliphatic hydroxyl groups is 4. The molecule has 0 radical (unpaired) electrons. The minimum atomic E-state index is -1.29. The number of rotatable bonds is 53. The van der Waals surface area contributed by atoms with Crippen molar-refractivity contribution in [3.8, 4) is 0 Å². The van der Waals surface area contributed by atoms with Crippen molar-refractivity contribution in [1.82, 2.24) is 5.32 Å². The average Bonchev–Trinajstić information content (AvgIpc) is 3.31. The maximum Gasteiger partial charge on any atom is 0.249 e. The number of amides is 1. The minimum Gasteiger partial charge on any atom is -0.394 e. The maximum absolute atomic E-state index is 12.6. The molecule has 6 nitrogen and oxygen atoms in total. The first-order valence-corrected chi connectivity index (χ1v) is 28.9. The van der Waals surface area contributed by atoms with Crippen molar-refractivity contribution in [2.24, 2.45) is 0 Å². The lowest BCUT2D eigenvalue weighted by Crippen LogP contribution is -2.53. The van der Waals surface area contributed by atoms with Crippen LogP contribution in [0.3, 0.4) is 0 Å². The number of aliphatic hydroxyl groups excluding tert-OH is 4. The van der Waals surface area contributed by atoms with E-state index in [1.54, 1.807) is 0 Å². The third-order valence-electron chi connectivity index (χ3n) is 13.6. The van der Waals surface area contributed by atoms with Crippen LogP contribution in [0.4, 0.5) is 0 Å². The van der Waals surface area contributed by atoms with Gasteiger partial charge in [0.25, 0.3) is 0 Å². The molecule has 0 aromatic rings. The third-order valence-corrected chi connectivity index (χ3v) is 13.6. The van der Waals surface area contributed by atoms with Crippen LogP contribution in [0.2, 0.25) is 0 Å². The van der Waals surface area contributed by atoms with Crippen molar-refractivity contribution < 1.29 is 25.2 Å². The summed E-state index contributed by atoms with van der Waals surface area (Å²) in [5, 5.41) is 43.8. The van der Waals surface area contributed by atoms with Crippen molar-refractivity contribution in [3.05, 3.63) is 36.5 Å². The van der Waals surface area contributed by atoms with Gasteiger partial charge in [-0.1, -0.05) is 281 Å². The van der Waals surface area contributed by atoms with Gasteiger partial charge in [-0.15, -0.1) is 0 Å². The molecule has 0 aliphatic rings. The second kappa shape index (κ2) is 53.5. The van der Waals surface area contributed by atoms with E-state index in [1.165, 1.54) is 218 Å². The van der Waals surface area contributed by atoms with Gasteiger partial charge in [0.2, 0.25) is 5.91 Å². The molecule has 0 rings (SSSR count). The van der Waals surface area contributed by atoms with Crippen LogP contribution in [0.1, 0.15) is 303 Å². The van der Waals surface area contributed by atoms with Gasteiger partial charge in [0.05, 0.1) is 18.8 Å². The fraction of sp³-hybridized carbons (Fsp3) is 0.881.